The van der Waals surface area contributed by atoms with Gasteiger partial charge in [0.25, 0.3) is 0 Å². The number of carbonyl (C=O) groups excluding carboxylic acids is 2. The van der Waals surface area contributed by atoms with Crippen molar-refractivity contribution in [3.05, 3.63) is 92.2 Å². The van der Waals surface area contributed by atoms with Crippen LogP contribution in [0.2, 0.25) is 15.1 Å². The second kappa shape index (κ2) is 11.6. The van der Waals surface area contributed by atoms with Crippen LogP contribution in [0.1, 0.15) is 41.3 Å². The van der Waals surface area contributed by atoms with Crippen LogP contribution in [0.3, 0.4) is 0 Å². The van der Waals surface area contributed by atoms with Crippen LogP contribution in [-0.4, -0.2) is 34.5 Å². The van der Waals surface area contributed by atoms with Gasteiger partial charge < -0.3 is 19.3 Å². The van der Waals surface area contributed by atoms with E-state index in [1.807, 2.05) is 42.2 Å². The summed E-state index contributed by atoms with van der Waals surface area (Å²) in [6, 6.07) is 16.6. The van der Waals surface area contributed by atoms with E-state index < -0.39 is 5.60 Å². The number of pyridine rings is 1. The lowest BCUT2D eigenvalue weighted by Crippen LogP contribution is -2.60. The molecule has 0 bridgehead atoms. The lowest BCUT2D eigenvalue weighted by atomic mass is 9.86. The highest BCUT2D eigenvalue weighted by Crippen LogP contribution is 2.46. The third-order valence-corrected chi connectivity index (χ3v) is 7.84. The van der Waals surface area contributed by atoms with E-state index in [4.69, 9.17) is 53.7 Å². The average molecular weight is 601 g/mol. The van der Waals surface area contributed by atoms with Crippen LogP contribution in [0.15, 0.2) is 59.1 Å². The molecule has 2 aromatic heterocycles. The monoisotopic (exact) mass is 599 g/mol. The van der Waals surface area contributed by atoms with Crippen molar-refractivity contribution in [2.75, 3.05) is 18.0 Å². The van der Waals surface area contributed by atoms with Crippen molar-refractivity contribution in [1.29, 1.82) is 0 Å². The molecule has 1 aliphatic carbocycles. The summed E-state index contributed by atoms with van der Waals surface area (Å²) in [6.07, 6.45) is 2.35. The van der Waals surface area contributed by atoms with E-state index in [-0.39, 0.29) is 12.8 Å². The molecule has 0 amide bonds. The van der Waals surface area contributed by atoms with E-state index in [1.54, 1.807) is 24.3 Å². The van der Waals surface area contributed by atoms with Gasteiger partial charge in [-0.2, -0.15) is 9.59 Å². The van der Waals surface area contributed by atoms with Crippen LogP contribution in [0, 0.1) is 6.92 Å². The zero-order chi connectivity index (χ0) is 28.4. The van der Waals surface area contributed by atoms with Gasteiger partial charge in [-0.05, 0) is 56.2 Å². The quantitative estimate of drug-likeness (QED) is 0.253. The topological polar surface area (TPSA) is 106 Å². The molecule has 8 nitrogen and oxygen atoms in total. The molecule has 3 heterocycles. The molecule has 1 N–H and O–H groups in total. The van der Waals surface area contributed by atoms with Crippen LogP contribution in [0.5, 0.6) is 5.75 Å². The van der Waals surface area contributed by atoms with Crippen molar-refractivity contribution in [2.24, 2.45) is 0 Å². The van der Waals surface area contributed by atoms with Crippen LogP contribution < -0.4 is 9.64 Å². The number of nitrogens with zero attached hydrogens (tertiary/aromatic N) is 3. The maximum absolute atomic E-state index is 11.2. The number of rotatable bonds is 7. The Hall–Kier alpha value is -3.39. The summed E-state index contributed by atoms with van der Waals surface area (Å²) in [4.78, 5) is 22.8. The number of hydrogen-bond acceptors (Lipinski definition) is 8. The maximum atomic E-state index is 11.2. The molecule has 6 rings (SSSR count). The van der Waals surface area contributed by atoms with Crippen molar-refractivity contribution < 1.29 is 24.0 Å². The van der Waals surface area contributed by atoms with Crippen LogP contribution >= 0.6 is 34.8 Å². The first-order chi connectivity index (χ1) is 19.2. The Bertz CT molecular complexity index is 1550. The first-order valence-corrected chi connectivity index (χ1v) is 13.6. The van der Waals surface area contributed by atoms with Crippen LogP contribution in [0.25, 0.3) is 11.3 Å². The smallest absolute Gasteiger partial charge is 0.373 e. The minimum Gasteiger partial charge on any atom is -0.489 e. The van der Waals surface area contributed by atoms with Gasteiger partial charge >= 0.3 is 6.15 Å². The molecule has 2 aliphatic rings. The SMILES string of the molecule is Cc1cccc(N2CC(O)(c3ccc(OCc4c(-c5c(Cl)cccc5Cl)noc4C4CC4)cc3Cl)C2)n1.O=C=O. The molecule has 0 unspecified atom stereocenters. The van der Waals surface area contributed by atoms with Gasteiger partial charge in [0.2, 0.25) is 0 Å². The number of halogens is 3. The Labute approximate surface area is 245 Å². The molecule has 4 aromatic rings. The van der Waals surface area contributed by atoms with E-state index in [1.165, 1.54) is 0 Å². The highest BCUT2D eigenvalue weighted by molar-refractivity contribution is 6.39. The molecule has 0 radical (unpaired) electrons. The number of aryl methyl sites for hydroxylation is 1. The molecule has 1 saturated heterocycles. The van der Waals surface area contributed by atoms with Crippen molar-refractivity contribution in [1.82, 2.24) is 10.1 Å². The molecule has 0 spiro atoms. The Morgan fingerprint density at radius 1 is 1.05 bits per heavy atom. The van der Waals surface area contributed by atoms with Crippen molar-refractivity contribution in [3.8, 4) is 17.0 Å². The Balaban J connectivity index is 0.00000103. The fourth-order valence-corrected chi connectivity index (χ4v) is 5.71. The number of anilines is 1. The second-order valence-corrected chi connectivity index (χ2v) is 11.0. The minimum atomic E-state index is -1.05. The summed E-state index contributed by atoms with van der Waals surface area (Å²) >= 11 is 19.5. The highest BCUT2D eigenvalue weighted by Gasteiger charge is 2.44. The van der Waals surface area contributed by atoms with E-state index >= 15 is 0 Å². The predicted octanol–water partition coefficient (Wildman–Crippen LogP) is 6.59. The lowest BCUT2D eigenvalue weighted by molar-refractivity contribution is -0.191. The highest BCUT2D eigenvalue weighted by atomic mass is 35.5. The normalized spacial score (nSPS) is 15.5. The van der Waals surface area contributed by atoms with E-state index in [9.17, 15) is 5.11 Å². The zero-order valence-corrected chi connectivity index (χ0v) is 23.6. The Morgan fingerprint density at radius 2 is 1.73 bits per heavy atom. The maximum Gasteiger partial charge on any atom is 0.373 e. The third kappa shape index (κ3) is 5.73. The number of aromatic nitrogens is 2. The van der Waals surface area contributed by atoms with Gasteiger partial charge in [-0.3, -0.25) is 0 Å². The first kappa shape index (κ1) is 28.1. The van der Waals surface area contributed by atoms with E-state index in [2.05, 4.69) is 10.1 Å². The molecule has 40 heavy (non-hydrogen) atoms. The van der Waals surface area contributed by atoms with Crippen molar-refractivity contribution in [3.63, 3.8) is 0 Å². The molecular weight excluding hydrogens is 577 g/mol. The zero-order valence-electron chi connectivity index (χ0n) is 21.4. The molecule has 2 aromatic carbocycles. The summed E-state index contributed by atoms with van der Waals surface area (Å²) in [5.74, 6) is 2.55. The molecule has 1 aliphatic heterocycles. The van der Waals surface area contributed by atoms with E-state index in [0.29, 0.717) is 56.6 Å². The summed E-state index contributed by atoms with van der Waals surface area (Å²) in [6.45, 7) is 3.00. The largest absolute Gasteiger partial charge is 0.489 e. The molecule has 206 valence electrons. The van der Waals surface area contributed by atoms with E-state index in [0.717, 1.165) is 35.7 Å². The van der Waals surface area contributed by atoms with Crippen LogP contribution in [0.4, 0.5) is 5.82 Å². The number of hydrogen-bond donors (Lipinski definition) is 1. The summed E-state index contributed by atoms with van der Waals surface area (Å²) in [7, 11) is 0. The minimum absolute atomic E-state index is 0.221. The molecular formula is C29H24Cl3N3O5. The molecule has 1 saturated carbocycles. The van der Waals surface area contributed by atoms with Gasteiger partial charge in [0.1, 0.15) is 35.2 Å². The van der Waals surface area contributed by atoms with Gasteiger partial charge in [0, 0.05) is 22.7 Å². The summed E-state index contributed by atoms with van der Waals surface area (Å²) in [5.41, 5.74) is 2.60. The molecule has 0 atom stereocenters. The van der Waals surface area contributed by atoms with Gasteiger partial charge in [-0.25, -0.2) is 4.98 Å². The number of β-amino-alcohol motifs (C(OH)–C–C–N with tert-alkyl or cyclic N) is 1. The number of ether oxygens (including phenoxy) is 1. The average Bonchev–Trinajstić information content (AvgIpc) is 3.66. The fourth-order valence-electron chi connectivity index (χ4n) is 4.79. The first-order valence-electron chi connectivity index (χ1n) is 12.5. The van der Waals surface area contributed by atoms with Crippen molar-refractivity contribution >= 4 is 46.8 Å². The lowest BCUT2D eigenvalue weighted by Gasteiger charge is -2.47. The summed E-state index contributed by atoms with van der Waals surface area (Å²) < 4.78 is 11.9. The van der Waals surface area contributed by atoms with Gasteiger partial charge in [-0.15, -0.1) is 0 Å². The second-order valence-electron chi connectivity index (χ2n) is 9.78. The fraction of sp³-hybridized carbons (Fsp3) is 0.276. The summed E-state index contributed by atoms with van der Waals surface area (Å²) in [5, 5.41) is 17.0. The number of benzene rings is 2. The van der Waals surface area contributed by atoms with Gasteiger partial charge in [-0.1, -0.05) is 58.2 Å². The van der Waals surface area contributed by atoms with Gasteiger partial charge in [0.05, 0.1) is 33.7 Å². The van der Waals surface area contributed by atoms with Crippen LogP contribution in [-0.2, 0) is 21.8 Å². The van der Waals surface area contributed by atoms with Gasteiger partial charge in [0.15, 0.2) is 0 Å². The predicted molar refractivity (Wildman–Crippen MR) is 150 cm³/mol. The Morgan fingerprint density at radius 3 is 2.35 bits per heavy atom. The number of aliphatic hydroxyl groups is 1. The standard InChI is InChI=1S/C28H24Cl3N3O3.CO2/c1-16-4-2-7-24(32-16)34-14-28(35,15-34)20-11-10-18(12-23(20)31)36-13-19-26(33-37-27(19)17-8-9-17)25-21(29)5-3-6-22(25)30;2-1-3/h2-7,10-12,17,35H,8-9,13-15H2,1H3;. The third-order valence-electron chi connectivity index (χ3n) is 6.89. The molecule has 2 fully saturated rings. The molecule has 11 heteroatoms. The Kier molecular flexibility index (Phi) is 8.17. The van der Waals surface area contributed by atoms with Crippen molar-refractivity contribution in [2.45, 2.75) is 37.9 Å².